The molecule has 0 N–H and O–H groups in total. The summed E-state index contributed by atoms with van der Waals surface area (Å²) < 4.78 is 26.6. The smallest absolute Gasteiger partial charge is 1.00 e. The van der Waals surface area contributed by atoms with Gasteiger partial charge in [0.15, 0.2) is 0 Å². The third-order valence-corrected chi connectivity index (χ3v) is 12.2. The number of hydrogen-bond acceptors (Lipinski definition) is 0. The van der Waals surface area contributed by atoms with Gasteiger partial charge >= 0.3 is 108 Å². The van der Waals surface area contributed by atoms with E-state index in [2.05, 4.69) is 124 Å². The Labute approximate surface area is 349 Å². The molecule has 8 rings (SSSR count). The van der Waals surface area contributed by atoms with Gasteiger partial charge in [0.05, 0.1) is 0 Å². The van der Waals surface area contributed by atoms with Gasteiger partial charge in [0.25, 0.3) is 0 Å². The first-order valence-corrected chi connectivity index (χ1v) is 19.6. The molecule has 0 unspecified atom stereocenters. The molecule has 3 aliphatic rings. The van der Waals surface area contributed by atoms with Crippen molar-refractivity contribution in [2.45, 2.75) is 98.3 Å². The van der Waals surface area contributed by atoms with Crippen molar-refractivity contribution in [1.82, 2.24) is 0 Å². The van der Waals surface area contributed by atoms with Crippen LogP contribution in [0.4, 0.5) is 8.78 Å². The molecule has 3 aliphatic carbocycles. The molecule has 5 heteroatoms. The van der Waals surface area contributed by atoms with Gasteiger partial charge in [0, 0.05) is 5.41 Å². The molecule has 54 heavy (non-hydrogen) atoms. The fraction of sp³-hybridized carbons (Fsp3) is 0.306. The molecule has 0 saturated heterocycles. The summed E-state index contributed by atoms with van der Waals surface area (Å²) in [5, 5.41) is 0. The second kappa shape index (κ2) is 16.6. The zero-order valence-electron chi connectivity index (χ0n) is 33.2. The normalized spacial score (nSPS) is 15.0. The number of aryl methyl sites for hydroxylation is 1. The molecular formula is C49H50Cl2F2Zr-2. The predicted octanol–water partition coefficient (Wildman–Crippen LogP) is 6.80. The van der Waals surface area contributed by atoms with Crippen molar-refractivity contribution in [2.24, 2.45) is 0 Å². The van der Waals surface area contributed by atoms with Gasteiger partial charge in [-0.25, -0.2) is 11.6 Å². The Morgan fingerprint density at radius 1 is 0.741 bits per heavy atom. The van der Waals surface area contributed by atoms with Crippen LogP contribution in [0.5, 0.6) is 0 Å². The summed E-state index contributed by atoms with van der Waals surface area (Å²) in [5.41, 5.74) is 19.7. The maximum atomic E-state index is 12.8. The van der Waals surface area contributed by atoms with E-state index in [-0.39, 0.29) is 47.3 Å². The maximum absolute atomic E-state index is 12.8. The maximum Gasteiger partial charge on any atom is -1.00 e. The topological polar surface area (TPSA) is 0 Å². The van der Waals surface area contributed by atoms with Gasteiger partial charge in [-0.3, -0.25) is 6.08 Å². The van der Waals surface area contributed by atoms with E-state index < -0.39 is 0 Å². The molecule has 0 atom stereocenters. The van der Waals surface area contributed by atoms with Gasteiger partial charge in [-0.15, -0.1) is 11.6 Å². The molecule has 5 aromatic rings. The van der Waals surface area contributed by atoms with Crippen molar-refractivity contribution in [2.75, 3.05) is 0 Å². The summed E-state index contributed by atoms with van der Waals surface area (Å²) >= 11 is 1.22. The van der Waals surface area contributed by atoms with E-state index in [1.807, 2.05) is 0 Å². The number of allylic oxidation sites excluding steroid dienone is 4. The van der Waals surface area contributed by atoms with Gasteiger partial charge < -0.3 is 24.8 Å². The van der Waals surface area contributed by atoms with Crippen LogP contribution in [0, 0.1) is 17.7 Å². The van der Waals surface area contributed by atoms with E-state index in [9.17, 15) is 8.78 Å². The van der Waals surface area contributed by atoms with Crippen molar-refractivity contribution in [3.8, 4) is 11.1 Å². The summed E-state index contributed by atoms with van der Waals surface area (Å²) in [7, 11) is 0. The Hall–Kier alpha value is -3.10. The summed E-state index contributed by atoms with van der Waals surface area (Å²) in [6.45, 7) is 22.6. The molecule has 0 amide bonds. The number of halogens is 4. The van der Waals surface area contributed by atoms with Gasteiger partial charge in [-0.2, -0.15) is 28.8 Å². The van der Waals surface area contributed by atoms with Crippen LogP contribution in [-0.4, -0.2) is 3.21 Å². The van der Waals surface area contributed by atoms with Crippen LogP contribution >= 0.6 is 0 Å². The first kappa shape index (κ1) is 43.6. The molecule has 0 fully saturated rings. The van der Waals surface area contributed by atoms with Crippen LogP contribution in [0.25, 0.3) is 22.3 Å². The number of hydrogen-bond donors (Lipinski definition) is 0. The average molecular weight is 839 g/mol. The molecule has 0 bridgehead atoms. The van der Waals surface area contributed by atoms with Crippen molar-refractivity contribution in [1.29, 1.82) is 0 Å². The summed E-state index contributed by atoms with van der Waals surface area (Å²) in [5.74, 6) is -0.488. The Morgan fingerprint density at radius 3 is 1.70 bits per heavy atom. The SMILES string of the molecule is CC1=[C-]C(C)(C)c2cc3c(cc21)-c1cc2c(cc1C3)C(C)(C)C=C2C.CCc1cc(C(C)(C)C)c[cH-]1.Fc1ccc([C](=[Zr+2])c2ccc(F)cc2)cc1.[Cl-].[Cl-]. The second-order valence-electron chi connectivity index (χ2n) is 16.7. The van der Waals surface area contributed by atoms with E-state index in [1.165, 1.54) is 115 Å². The Kier molecular flexibility index (Phi) is 13.4. The molecule has 0 radical (unpaired) electrons. The van der Waals surface area contributed by atoms with Gasteiger partial charge in [-0.05, 0) is 58.4 Å². The fourth-order valence-electron chi connectivity index (χ4n) is 7.85. The number of fused-ring (bicyclic) bond motifs is 5. The molecule has 0 aromatic heterocycles. The Morgan fingerprint density at radius 2 is 1.24 bits per heavy atom. The van der Waals surface area contributed by atoms with Crippen molar-refractivity contribution in [3.05, 3.63) is 170 Å². The fourth-order valence-corrected chi connectivity index (χ4v) is 8.67. The molecule has 0 aliphatic heterocycles. The zero-order chi connectivity index (χ0) is 37.7. The molecule has 0 saturated carbocycles. The predicted molar refractivity (Wildman–Crippen MR) is 213 cm³/mol. The van der Waals surface area contributed by atoms with Gasteiger partial charge in [0.2, 0.25) is 0 Å². The van der Waals surface area contributed by atoms with E-state index in [1.54, 1.807) is 24.3 Å². The number of rotatable bonds is 3. The van der Waals surface area contributed by atoms with E-state index in [0.29, 0.717) is 5.41 Å². The minimum Gasteiger partial charge on any atom is -1.00 e. The summed E-state index contributed by atoms with van der Waals surface area (Å²) in [6, 6.07) is 29.3. The molecule has 0 heterocycles. The Bertz CT molecular complexity index is 2090. The largest absolute Gasteiger partial charge is 1.00 e. The first-order valence-electron chi connectivity index (χ1n) is 18.4. The van der Waals surface area contributed by atoms with Crippen LogP contribution in [0.3, 0.4) is 0 Å². The second-order valence-corrected chi connectivity index (χ2v) is 17.9. The summed E-state index contributed by atoms with van der Waals surface area (Å²) in [6.07, 6.45) is 8.28. The molecule has 5 aromatic carbocycles. The zero-order valence-corrected chi connectivity index (χ0v) is 37.1. The van der Waals surface area contributed by atoms with Crippen LogP contribution in [0.2, 0.25) is 0 Å². The third kappa shape index (κ3) is 8.96. The molecule has 0 spiro atoms. The molecule has 0 nitrogen and oxygen atoms in total. The quantitative estimate of drug-likeness (QED) is 0.172. The average Bonchev–Trinajstić information content (AvgIpc) is 3.82. The van der Waals surface area contributed by atoms with Crippen molar-refractivity contribution in [3.63, 3.8) is 0 Å². The Balaban J connectivity index is 0.000000194. The van der Waals surface area contributed by atoms with Crippen LogP contribution < -0.4 is 24.8 Å². The number of benzene rings is 4. The first-order chi connectivity index (χ1) is 24.4. The van der Waals surface area contributed by atoms with Crippen molar-refractivity contribution >= 4 is 14.4 Å². The third-order valence-electron chi connectivity index (χ3n) is 10.8. The van der Waals surface area contributed by atoms with Crippen molar-refractivity contribution < 1.29 is 57.8 Å². The van der Waals surface area contributed by atoms with Crippen LogP contribution in [0.15, 0.2) is 97.1 Å². The molecule has 280 valence electrons. The monoisotopic (exact) mass is 836 g/mol. The minimum absolute atomic E-state index is 0. The van der Waals surface area contributed by atoms with E-state index in [0.717, 1.165) is 27.2 Å². The van der Waals surface area contributed by atoms with Crippen LogP contribution in [-0.2, 0) is 53.3 Å². The van der Waals surface area contributed by atoms with E-state index in [4.69, 9.17) is 0 Å². The van der Waals surface area contributed by atoms with Crippen LogP contribution in [0.1, 0.15) is 125 Å². The van der Waals surface area contributed by atoms with E-state index >= 15 is 0 Å². The summed E-state index contributed by atoms with van der Waals surface area (Å²) in [4.78, 5) is 0. The standard InChI is InChI=1S/C25H25.C13H8F2.C11H17.2ClH.Zr/c1-14-12-24(3,4)22-8-16-7-17-9-23-19(15(2)13-25(23,5)6)11-21(17)20(16)10-18(14)22;14-12-5-1-10(2-6-12)9-11-3-7-13(15)8-4-11;1-5-9-6-7-10(8-9)11(2,3)4;;;/h8-12H,7H2,1-6H3;1-8H;6-8H,5H2,1-4H3;2*1H;/q-1;;-1;;;+2/p-2. The van der Waals surface area contributed by atoms with Gasteiger partial charge in [0.1, 0.15) is 0 Å². The molecular weight excluding hydrogens is 789 g/mol. The van der Waals surface area contributed by atoms with Gasteiger partial charge in [-0.1, -0.05) is 97.8 Å². The minimum atomic E-state index is -0.244.